The van der Waals surface area contributed by atoms with E-state index < -0.39 is 23.7 Å². The summed E-state index contributed by atoms with van der Waals surface area (Å²) in [5, 5.41) is 15.2. The molecule has 0 bridgehead atoms. The van der Waals surface area contributed by atoms with Crippen molar-refractivity contribution < 1.29 is 29.0 Å². The normalized spacial score (nSPS) is 20.0. The third kappa shape index (κ3) is 7.25. The first-order valence-corrected chi connectivity index (χ1v) is 10.4. The van der Waals surface area contributed by atoms with Gasteiger partial charge in [0.15, 0.2) is 0 Å². The summed E-state index contributed by atoms with van der Waals surface area (Å²) in [5.41, 5.74) is 1.06. The Morgan fingerprint density at radius 3 is 2.52 bits per heavy atom. The van der Waals surface area contributed by atoms with Gasteiger partial charge >= 0.3 is 18.0 Å². The Hall–Kier alpha value is -2.26. The molecule has 1 fully saturated rings. The molecule has 1 saturated heterocycles. The Bertz CT molecular complexity index is 749. The molecule has 1 unspecified atom stereocenters. The predicted molar refractivity (Wildman–Crippen MR) is 110 cm³/mol. The number of thioether (sulfide) groups is 1. The van der Waals surface area contributed by atoms with Crippen molar-refractivity contribution in [3.05, 3.63) is 35.4 Å². The second kappa shape index (κ2) is 9.98. The number of benzene rings is 1. The molecule has 0 aliphatic carbocycles. The van der Waals surface area contributed by atoms with E-state index in [1.54, 1.807) is 32.5 Å². The summed E-state index contributed by atoms with van der Waals surface area (Å²) in [6.45, 7) is 5.14. The zero-order valence-electron chi connectivity index (χ0n) is 17.1. The fourth-order valence-electron chi connectivity index (χ4n) is 2.95. The number of carboxylic acids is 1. The van der Waals surface area contributed by atoms with E-state index in [-0.39, 0.29) is 23.8 Å². The fourth-order valence-corrected chi connectivity index (χ4v) is 4.17. The molecule has 1 aliphatic heterocycles. The van der Waals surface area contributed by atoms with Crippen LogP contribution in [0.15, 0.2) is 24.3 Å². The molecule has 1 aromatic carbocycles. The first kappa shape index (κ1) is 23.0. The number of nitrogens with one attached hydrogen (secondary N) is 2. The first-order chi connectivity index (χ1) is 13.6. The lowest BCUT2D eigenvalue weighted by Gasteiger charge is -2.22. The van der Waals surface area contributed by atoms with Crippen LogP contribution in [0.1, 0.15) is 31.9 Å². The highest BCUT2D eigenvalue weighted by molar-refractivity contribution is 8.00. The smallest absolute Gasteiger partial charge is 0.408 e. The summed E-state index contributed by atoms with van der Waals surface area (Å²) < 4.78 is 9.94. The lowest BCUT2D eigenvalue weighted by Crippen LogP contribution is -2.44. The minimum Gasteiger partial charge on any atom is -0.480 e. The molecular formula is C20H28N2O6S. The van der Waals surface area contributed by atoms with Gasteiger partial charge in [0, 0.05) is 12.2 Å². The Morgan fingerprint density at radius 2 is 1.93 bits per heavy atom. The number of carboxylic acid groups (broad SMARTS) is 1. The third-order valence-electron chi connectivity index (χ3n) is 4.27. The molecule has 3 N–H and O–H groups in total. The summed E-state index contributed by atoms with van der Waals surface area (Å²) >= 11 is 1.62. The van der Waals surface area contributed by atoms with Crippen LogP contribution >= 0.6 is 11.8 Å². The molecule has 160 valence electrons. The van der Waals surface area contributed by atoms with Gasteiger partial charge in [0.1, 0.15) is 17.7 Å². The molecule has 1 aromatic rings. The average Bonchev–Trinajstić information content (AvgIpc) is 3.09. The van der Waals surface area contributed by atoms with Crippen molar-refractivity contribution in [2.45, 2.75) is 56.7 Å². The van der Waals surface area contributed by atoms with Crippen LogP contribution in [0.2, 0.25) is 0 Å². The summed E-state index contributed by atoms with van der Waals surface area (Å²) in [6.07, 6.45) is -0.0216. The van der Waals surface area contributed by atoms with Gasteiger partial charge in [-0.15, -0.1) is 11.8 Å². The van der Waals surface area contributed by atoms with E-state index in [2.05, 4.69) is 10.6 Å². The third-order valence-corrected chi connectivity index (χ3v) is 5.50. The number of aliphatic carboxylic acids is 1. The van der Waals surface area contributed by atoms with Gasteiger partial charge in [-0.3, -0.25) is 10.1 Å². The van der Waals surface area contributed by atoms with E-state index in [1.807, 2.05) is 24.3 Å². The van der Waals surface area contributed by atoms with E-state index in [1.165, 1.54) is 7.11 Å². The maximum absolute atomic E-state index is 12.0. The maximum Gasteiger partial charge on any atom is 0.408 e. The van der Waals surface area contributed by atoms with Crippen LogP contribution in [-0.4, -0.2) is 59.1 Å². The second-order valence-electron chi connectivity index (χ2n) is 7.78. The van der Waals surface area contributed by atoms with E-state index >= 15 is 0 Å². The van der Waals surface area contributed by atoms with Crippen molar-refractivity contribution in [2.75, 3.05) is 12.9 Å². The highest BCUT2D eigenvalue weighted by Gasteiger charge is 2.31. The SMILES string of the molecule is COC(=O)[C@@H]1CSC(Cc2ccccc2C[C@H](NC(=O)OC(C)(C)C)C(=O)O)N1. The molecule has 0 aromatic heterocycles. The van der Waals surface area contributed by atoms with Crippen molar-refractivity contribution >= 4 is 29.8 Å². The number of carbonyl (C=O) groups is 3. The van der Waals surface area contributed by atoms with Crippen molar-refractivity contribution in [1.29, 1.82) is 0 Å². The predicted octanol–water partition coefficient (Wildman–Crippen LogP) is 1.95. The van der Waals surface area contributed by atoms with E-state index in [0.717, 1.165) is 11.1 Å². The molecule has 29 heavy (non-hydrogen) atoms. The van der Waals surface area contributed by atoms with E-state index in [9.17, 15) is 19.5 Å². The Balaban J connectivity index is 2.05. The number of methoxy groups -OCH3 is 1. The number of esters is 1. The monoisotopic (exact) mass is 424 g/mol. The molecule has 8 nitrogen and oxygen atoms in total. The molecular weight excluding hydrogens is 396 g/mol. The van der Waals surface area contributed by atoms with Crippen molar-refractivity contribution in [2.24, 2.45) is 0 Å². The Kier molecular flexibility index (Phi) is 7.92. The Labute approximate surface area is 174 Å². The van der Waals surface area contributed by atoms with Gasteiger partial charge in [0.05, 0.1) is 12.5 Å². The Morgan fingerprint density at radius 1 is 1.28 bits per heavy atom. The fraction of sp³-hybridized carbons (Fsp3) is 0.550. The van der Waals surface area contributed by atoms with Crippen molar-refractivity contribution in [3.8, 4) is 0 Å². The molecule has 0 radical (unpaired) electrons. The molecule has 2 rings (SSSR count). The second-order valence-corrected chi connectivity index (χ2v) is 9.01. The lowest BCUT2D eigenvalue weighted by molar-refractivity contribution is -0.142. The van der Waals surface area contributed by atoms with Crippen LogP contribution in [0, 0.1) is 0 Å². The average molecular weight is 425 g/mol. The summed E-state index contributed by atoms with van der Waals surface area (Å²) in [5.74, 6) is -0.803. The minimum absolute atomic E-state index is 0.0161. The maximum atomic E-state index is 12.0. The van der Waals surface area contributed by atoms with Crippen LogP contribution < -0.4 is 10.6 Å². The number of ether oxygens (including phenoxy) is 2. The van der Waals surface area contributed by atoms with Crippen LogP contribution in [0.3, 0.4) is 0 Å². The highest BCUT2D eigenvalue weighted by Crippen LogP contribution is 2.25. The highest BCUT2D eigenvalue weighted by atomic mass is 32.2. The molecule has 0 spiro atoms. The number of carbonyl (C=O) groups excluding carboxylic acids is 2. The first-order valence-electron chi connectivity index (χ1n) is 9.33. The summed E-state index contributed by atoms with van der Waals surface area (Å²) in [7, 11) is 1.36. The number of amides is 1. The number of hydrogen-bond donors (Lipinski definition) is 3. The number of hydrogen-bond acceptors (Lipinski definition) is 7. The topological polar surface area (TPSA) is 114 Å². The van der Waals surface area contributed by atoms with Crippen LogP contribution in [0.5, 0.6) is 0 Å². The van der Waals surface area contributed by atoms with E-state index in [4.69, 9.17) is 9.47 Å². The minimum atomic E-state index is -1.13. The number of alkyl carbamates (subject to hydrolysis) is 1. The van der Waals surface area contributed by atoms with Gasteiger partial charge in [0.25, 0.3) is 0 Å². The molecule has 0 saturated carbocycles. The summed E-state index contributed by atoms with van der Waals surface area (Å²) in [6, 6.07) is 6.03. The van der Waals surface area contributed by atoms with Crippen LogP contribution in [0.4, 0.5) is 4.79 Å². The van der Waals surface area contributed by atoms with Crippen molar-refractivity contribution in [1.82, 2.24) is 10.6 Å². The zero-order valence-corrected chi connectivity index (χ0v) is 17.9. The summed E-state index contributed by atoms with van der Waals surface area (Å²) in [4.78, 5) is 35.4. The van der Waals surface area contributed by atoms with Gasteiger partial charge < -0.3 is 19.9 Å². The van der Waals surface area contributed by atoms with Gasteiger partial charge in [-0.25, -0.2) is 9.59 Å². The molecule has 3 atom stereocenters. The lowest BCUT2D eigenvalue weighted by atomic mass is 9.98. The molecule has 1 aliphatic rings. The van der Waals surface area contributed by atoms with Gasteiger partial charge in [0.2, 0.25) is 0 Å². The molecule has 1 amide bonds. The number of rotatable bonds is 7. The zero-order chi connectivity index (χ0) is 21.6. The van der Waals surface area contributed by atoms with Crippen molar-refractivity contribution in [3.63, 3.8) is 0 Å². The van der Waals surface area contributed by atoms with Gasteiger partial charge in [-0.2, -0.15) is 0 Å². The van der Waals surface area contributed by atoms with Crippen LogP contribution in [0.25, 0.3) is 0 Å². The van der Waals surface area contributed by atoms with E-state index in [0.29, 0.717) is 12.2 Å². The van der Waals surface area contributed by atoms with Crippen LogP contribution in [-0.2, 0) is 31.9 Å². The standard InChI is InChI=1S/C20H28N2O6S/c1-20(2,3)28-19(26)22-14(17(23)24)9-12-7-5-6-8-13(12)10-16-21-15(11-29-16)18(25)27-4/h5-8,14-16,21H,9-11H2,1-4H3,(H,22,26)(H,23,24)/t14-,15-,16?/m0/s1. The molecule has 9 heteroatoms. The largest absolute Gasteiger partial charge is 0.480 e. The quantitative estimate of drug-likeness (QED) is 0.569. The van der Waals surface area contributed by atoms with Gasteiger partial charge in [-0.05, 0) is 38.3 Å². The molecule has 1 heterocycles. The van der Waals surface area contributed by atoms with Gasteiger partial charge in [-0.1, -0.05) is 24.3 Å².